The van der Waals surface area contributed by atoms with Gasteiger partial charge in [0.05, 0.1) is 0 Å². The highest BCUT2D eigenvalue weighted by Crippen LogP contribution is 2.21. The van der Waals surface area contributed by atoms with E-state index >= 15 is 0 Å². The second kappa shape index (κ2) is 5.01. The number of rotatable bonds is 3. The van der Waals surface area contributed by atoms with E-state index in [-0.39, 0.29) is 17.7 Å². The van der Waals surface area contributed by atoms with E-state index in [4.69, 9.17) is 0 Å². The third-order valence-corrected chi connectivity index (χ3v) is 2.76. The van der Waals surface area contributed by atoms with Crippen LogP contribution in [0.25, 0.3) is 0 Å². The van der Waals surface area contributed by atoms with Gasteiger partial charge in [-0.1, -0.05) is 6.07 Å². The van der Waals surface area contributed by atoms with E-state index in [0.717, 1.165) is 0 Å². The molecule has 0 saturated heterocycles. The standard InChI is InChI=1S/C13H19NO2/c1-5-14(9(2)3)13(16)11-7-6-8-12(15)10(11)4/h6-9,15H,5H2,1-4H3. The zero-order chi connectivity index (χ0) is 12.3. The van der Waals surface area contributed by atoms with Crippen LogP contribution < -0.4 is 0 Å². The first-order valence-corrected chi connectivity index (χ1v) is 5.58. The summed E-state index contributed by atoms with van der Waals surface area (Å²) in [6.07, 6.45) is 0. The first-order chi connectivity index (χ1) is 7.49. The molecule has 0 aliphatic rings. The maximum Gasteiger partial charge on any atom is 0.254 e. The second-order valence-corrected chi connectivity index (χ2v) is 4.13. The SMILES string of the molecule is CCN(C(=O)c1cccc(O)c1C)C(C)C. The summed E-state index contributed by atoms with van der Waals surface area (Å²) in [7, 11) is 0. The molecule has 1 aromatic carbocycles. The number of amides is 1. The number of carbonyl (C=O) groups is 1. The Labute approximate surface area is 96.7 Å². The summed E-state index contributed by atoms with van der Waals surface area (Å²) in [5, 5.41) is 9.57. The number of hydrogen-bond acceptors (Lipinski definition) is 2. The number of phenols is 1. The summed E-state index contributed by atoms with van der Waals surface area (Å²) in [4.78, 5) is 14.0. The topological polar surface area (TPSA) is 40.5 Å². The molecule has 16 heavy (non-hydrogen) atoms. The number of carbonyl (C=O) groups excluding carboxylic acids is 1. The maximum atomic E-state index is 12.2. The molecule has 0 aromatic heterocycles. The lowest BCUT2D eigenvalue weighted by molar-refractivity contribution is 0.0715. The largest absolute Gasteiger partial charge is 0.508 e. The fourth-order valence-corrected chi connectivity index (χ4v) is 1.75. The fraction of sp³-hybridized carbons (Fsp3) is 0.462. The predicted octanol–water partition coefficient (Wildman–Crippen LogP) is 2.57. The van der Waals surface area contributed by atoms with Crippen molar-refractivity contribution in [3.8, 4) is 5.75 Å². The molecule has 0 fully saturated rings. The van der Waals surface area contributed by atoms with Crippen LogP contribution in [0, 0.1) is 6.92 Å². The van der Waals surface area contributed by atoms with Crippen molar-refractivity contribution in [2.75, 3.05) is 6.54 Å². The zero-order valence-electron chi connectivity index (χ0n) is 10.3. The molecule has 0 radical (unpaired) electrons. The van der Waals surface area contributed by atoms with Gasteiger partial charge in [0, 0.05) is 23.7 Å². The van der Waals surface area contributed by atoms with Gasteiger partial charge in [-0.05, 0) is 39.8 Å². The second-order valence-electron chi connectivity index (χ2n) is 4.13. The lowest BCUT2D eigenvalue weighted by Crippen LogP contribution is -2.37. The molecule has 88 valence electrons. The van der Waals surface area contributed by atoms with Crippen LogP contribution in [0.15, 0.2) is 18.2 Å². The zero-order valence-corrected chi connectivity index (χ0v) is 10.3. The van der Waals surface area contributed by atoms with Crippen molar-refractivity contribution in [1.82, 2.24) is 4.90 Å². The van der Waals surface area contributed by atoms with Crippen LogP contribution in [0.4, 0.5) is 0 Å². The minimum absolute atomic E-state index is 0.0223. The van der Waals surface area contributed by atoms with Gasteiger partial charge in [-0.15, -0.1) is 0 Å². The lowest BCUT2D eigenvalue weighted by Gasteiger charge is -2.26. The van der Waals surface area contributed by atoms with Crippen LogP contribution in [0.2, 0.25) is 0 Å². The Bertz CT molecular complexity index is 386. The molecule has 0 aliphatic heterocycles. The van der Waals surface area contributed by atoms with Crippen molar-refractivity contribution in [3.05, 3.63) is 29.3 Å². The summed E-state index contributed by atoms with van der Waals surface area (Å²) in [6, 6.07) is 5.21. The molecule has 1 rings (SSSR count). The average Bonchev–Trinajstić information content (AvgIpc) is 2.22. The van der Waals surface area contributed by atoms with Gasteiger partial charge in [-0.25, -0.2) is 0 Å². The van der Waals surface area contributed by atoms with Gasteiger partial charge in [0.2, 0.25) is 0 Å². The van der Waals surface area contributed by atoms with E-state index < -0.39 is 0 Å². The van der Waals surface area contributed by atoms with Crippen molar-refractivity contribution in [2.24, 2.45) is 0 Å². The molecule has 0 unspecified atom stereocenters. The van der Waals surface area contributed by atoms with Crippen molar-refractivity contribution in [2.45, 2.75) is 33.7 Å². The Hall–Kier alpha value is -1.51. The fourth-order valence-electron chi connectivity index (χ4n) is 1.75. The maximum absolute atomic E-state index is 12.2. The number of phenolic OH excluding ortho intramolecular Hbond substituents is 1. The first-order valence-electron chi connectivity index (χ1n) is 5.58. The molecule has 3 nitrogen and oxygen atoms in total. The van der Waals surface area contributed by atoms with Crippen LogP contribution in [-0.2, 0) is 0 Å². The summed E-state index contributed by atoms with van der Waals surface area (Å²) < 4.78 is 0. The smallest absolute Gasteiger partial charge is 0.254 e. The molecule has 0 spiro atoms. The minimum atomic E-state index is -0.0223. The summed E-state index contributed by atoms with van der Waals surface area (Å²) in [5.41, 5.74) is 1.22. The quantitative estimate of drug-likeness (QED) is 0.852. The van der Waals surface area contributed by atoms with E-state index in [9.17, 15) is 9.90 Å². The highest BCUT2D eigenvalue weighted by molar-refractivity contribution is 5.96. The molecule has 1 aromatic rings. The minimum Gasteiger partial charge on any atom is -0.508 e. The number of aromatic hydroxyl groups is 1. The molecule has 1 amide bonds. The van der Waals surface area contributed by atoms with Crippen molar-refractivity contribution in [3.63, 3.8) is 0 Å². The van der Waals surface area contributed by atoms with Crippen LogP contribution in [0.1, 0.15) is 36.7 Å². The Morgan fingerprint density at radius 1 is 1.44 bits per heavy atom. The predicted molar refractivity (Wildman–Crippen MR) is 64.7 cm³/mol. The summed E-state index contributed by atoms with van der Waals surface area (Å²) in [5.74, 6) is 0.150. The molecule has 3 heteroatoms. The molecule has 0 atom stereocenters. The van der Waals surface area contributed by atoms with Crippen LogP contribution in [0.5, 0.6) is 5.75 Å². The van der Waals surface area contributed by atoms with Crippen molar-refractivity contribution >= 4 is 5.91 Å². The van der Waals surface area contributed by atoms with Crippen LogP contribution >= 0.6 is 0 Å². The number of nitrogens with zero attached hydrogens (tertiary/aromatic N) is 1. The number of benzene rings is 1. The van der Waals surface area contributed by atoms with E-state index in [2.05, 4.69) is 0 Å². The molecule has 1 N–H and O–H groups in total. The van der Waals surface area contributed by atoms with E-state index in [0.29, 0.717) is 17.7 Å². The Balaban J connectivity index is 3.09. The van der Waals surface area contributed by atoms with Crippen molar-refractivity contribution in [1.29, 1.82) is 0 Å². The van der Waals surface area contributed by atoms with Gasteiger partial charge in [0.25, 0.3) is 5.91 Å². The van der Waals surface area contributed by atoms with Gasteiger partial charge < -0.3 is 10.0 Å². The Morgan fingerprint density at radius 3 is 2.56 bits per heavy atom. The average molecular weight is 221 g/mol. The molecule has 0 aliphatic carbocycles. The van der Waals surface area contributed by atoms with E-state index in [1.54, 1.807) is 30.0 Å². The van der Waals surface area contributed by atoms with Crippen molar-refractivity contribution < 1.29 is 9.90 Å². The summed E-state index contributed by atoms with van der Waals surface area (Å²) >= 11 is 0. The monoisotopic (exact) mass is 221 g/mol. The van der Waals surface area contributed by atoms with Gasteiger partial charge in [-0.2, -0.15) is 0 Å². The van der Waals surface area contributed by atoms with Crippen LogP contribution in [-0.4, -0.2) is 28.5 Å². The van der Waals surface area contributed by atoms with Gasteiger partial charge in [0.15, 0.2) is 0 Å². The molecular weight excluding hydrogens is 202 g/mol. The Kier molecular flexibility index (Phi) is 3.93. The highest BCUT2D eigenvalue weighted by atomic mass is 16.3. The van der Waals surface area contributed by atoms with E-state index in [1.807, 2.05) is 20.8 Å². The molecule has 0 saturated carbocycles. The van der Waals surface area contributed by atoms with E-state index in [1.165, 1.54) is 0 Å². The molecule has 0 bridgehead atoms. The van der Waals surface area contributed by atoms with Gasteiger partial charge in [0.1, 0.15) is 5.75 Å². The third-order valence-electron chi connectivity index (χ3n) is 2.76. The normalized spacial score (nSPS) is 10.6. The molecular formula is C13H19NO2. The number of hydrogen-bond donors (Lipinski definition) is 1. The third kappa shape index (κ3) is 2.35. The van der Waals surface area contributed by atoms with Gasteiger partial charge >= 0.3 is 0 Å². The first kappa shape index (κ1) is 12.6. The lowest BCUT2D eigenvalue weighted by atomic mass is 10.1. The van der Waals surface area contributed by atoms with Gasteiger partial charge in [-0.3, -0.25) is 4.79 Å². The summed E-state index contributed by atoms with van der Waals surface area (Å²) in [6.45, 7) is 8.36. The van der Waals surface area contributed by atoms with Crippen LogP contribution in [0.3, 0.4) is 0 Å². The Morgan fingerprint density at radius 2 is 2.06 bits per heavy atom. The molecule has 0 heterocycles. The highest BCUT2D eigenvalue weighted by Gasteiger charge is 2.19.